The van der Waals surface area contributed by atoms with Crippen molar-refractivity contribution in [2.75, 3.05) is 39.6 Å². The lowest BCUT2D eigenvalue weighted by Gasteiger charge is -2.43. The van der Waals surface area contributed by atoms with Gasteiger partial charge in [-0.05, 0) is 93.0 Å². The second-order valence-electron chi connectivity index (χ2n) is 14.6. The second-order valence-corrected chi connectivity index (χ2v) is 18.7. The molecule has 0 radical (unpaired) electrons. The van der Waals surface area contributed by atoms with Gasteiger partial charge in [-0.15, -0.1) is 5.10 Å². The SMILES string of the molecule is CC[C@H]1CCCC[C@@H](C)C(=O)C2=CC3[C@@H](C[C@@H](n4cc(S(C)(C)C)nn4)[C@@H]4C[C@@H](OC(O)[C@H](COC)OC)C[C@@H]34)[C@@H]2CC(=O)O1. The molecule has 254 valence electrons. The zero-order chi connectivity index (χ0) is 32.5. The predicted molar refractivity (Wildman–Crippen MR) is 173 cm³/mol. The number of aliphatic hydroxyl groups is 1. The number of hydrogen-bond acceptors (Lipinski definition) is 9. The topological polar surface area (TPSA) is 122 Å². The van der Waals surface area contributed by atoms with E-state index in [0.29, 0.717) is 0 Å². The highest BCUT2D eigenvalue weighted by Crippen LogP contribution is 2.60. The van der Waals surface area contributed by atoms with E-state index in [2.05, 4.69) is 48.3 Å². The number of carbonyl (C=O) groups is 2. The van der Waals surface area contributed by atoms with Crippen molar-refractivity contribution in [2.45, 2.75) is 107 Å². The van der Waals surface area contributed by atoms with Crippen LogP contribution in [0.2, 0.25) is 0 Å². The lowest BCUT2D eigenvalue weighted by Crippen LogP contribution is -2.39. The number of Topliss-reactive ketones (excluding diaryl/α,β-unsaturated/α-hetero) is 1. The summed E-state index contributed by atoms with van der Waals surface area (Å²) in [5.74, 6) is 0.413. The lowest BCUT2D eigenvalue weighted by atomic mass is 9.64. The molecule has 0 amide bonds. The first-order valence-corrected chi connectivity index (χ1v) is 19.7. The van der Waals surface area contributed by atoms with Gasteiger partial charge in [-0.1, -0.05) is 31.6 Å². The van der Waals surface area contributed by atoms with E-state index in [0.717, 1.165) is 62.0 Å². The number of allylic oxidation sites excluding steroid dienone is 2. The fourth-order valence-electron chi connectivity index (χ4n) is 8.47. The molecule has 1 N–H and O–H groups in total. The van der Waals surface area contributed by atoms with Gasteiger partial charge in [0.05, 0.1) is 31.4 Å². The van der Waals surface area contributed by atoms with Crippen molar-refractivity contribution in [3.8, 4) is 0 Å². The van der Waals surface area contributed by atoms with E-state index in [-0.39, 0.29) is 78.5 Å². The van der Waals surface area contributed by atoms with Gasteiger partial charge in [-0.3, -0.25) is 9.59 Å². The van der Waals surface area contributed by atoms with E-state index >= 15 is 0 Å². The number of methoxy groups -OCH3 is 2. The molecule has 0 aromatic carbocycles. The van der Waals surface area contributed by atoms with Crippen molar-refractivity contribution >= 4 is 21.8 Å². The molecule has 0 bridgehead atoms. The number of rotatable bonds is 9. The van der Waals surface area contributed by atoms with Crippen molar-refractivity contribution < 1.29 is 33.6 Å². The Morgan fingerprint density at radius 1 is 1.09 bits per heavy atom. The highest BCUT2D eigenvalue weighted by Gasteiger charge is 2.56. The summed E-state index contributed by atoms with van der Waals surface area (Å²) in [6.07, 6.45) is 16.0. The molecular weight excluding hydrogens is 594 g/mol. The van der Waals surface area contributed by atoms with Crippen LogP contribution in [0.5, 0.6) is 0 Å². The summed E-state index contributed by atoms with van der Waals surface area (Å²) >= 11 is 0. The molecule has 5 rings (SSSR count). The first-order chi connectivity index (χ1) is 21.4. The molecular formula is C34H55N3O7S. The summed E-state index contributed by atoms with van der Waals surface area (Å²) in [4.78, 5) is 27.5. The number of cyclic esters (lactones) is 1. The number of carbonyl (C=O) groups excluding carboxylic acids is 2. The predicted octanol–water partition coefficient (Wildman–Crippen LogP) is 4.95. The van der Waals surface area contributed by atoms with Crippen LogP contribution in [-0.4, -0.2) is 96.0 Å². The third kappa shape index (κ3) is 7.53. The van der Waals surface area contributed by atoms with Crippen LogP contribution in [-0.2, 0) is 28.5 Å². The molecule has 45 heavy (non-hydrogen) atoms. The normalized spacial score (nSPS) is 36.1. The Labute approximate surface area is 270 Å². The number of nitrogens with zero attached hydrogens (tertiary/aromatic N) is 3. The quantitative estimate of drug-likeness (QED) is 0.293. The van der Waals surface area contributed by atoms with Gasteiger partial charge in [0, 0.05) is 26.1 Å². The van der Waals surface area contributed by atoms with E-state index in [1.165, 1.54) is 0 Å². The molecule has 1 saturated heterocycles. The van der Waals surface area contributed by atoms with Gasteiger partial charge >= 0.3 is 5.97 Å². The van der Waals surface area contributed by atoms with Gasteiger partial charge in [-0.25, -0.2) is 14.7 Å². The Kier molecular flexibility index (Phi) is 11.2. The van der Waals surface area contributed by atoms with Gasteiger partial charge in [0.1, 0.15) is 17.2 Å². The highest BCUT2D eigenvalue weighted by atomic mass is 32.3. The molecule has 10 nitrogen and oxygen atoms in total. The molecule has 1 aromatic heterocycles. The Balaban J connectivity index is 1.48. The largest absolute Gasteiger partial charge is 0.462 e. The minimum atomic E-state index is -1.11. The average molecular weight is 650 g/mol. The maximum atomic E-state index is 14.0. The minimum Gasteiger partial charge on any atom is -0.462 e. The van der Waals surface area contributed by atoms with Gasteiger partial charge in [0.2, 0.25) is 0 Å². The summed E-state index contributed by atoms with van der Waals surface area (Å²) in [5, 5.41) is 21.2. The fraction of sp³-hybridized carbons (Fsp3) is 0.824. The monoisotopic (exact) mass is 649 g/mol. The minimum absolute atomic E-state index is 0.0447. The molecule has 2 heterocycles. The number of ketones is 1. The molecule has 1 aliphatic heterocycles. The van der Waals surface area contributed by atoms with E-state index in [1.807, 2.05) is 11.6 Å². The summed E-state index contributed by atoms with van der Waals surface area (Å²) in [6, 6.07) is 0.0447. The van der Waals surface area contributed by atoms with Crippen LogP contribution in [0.3, 0.4) is 0 Å². The fourth-order valence-corrected chi connectivity index (χ4v) is 9.17. The highest BCUT2D eigenvalue weighted by molar-refractivity contribution is 8.32. The van der Waals surface area contributed by atoms with Crippen LogP contribution in [0.4, 0.5) is 0 Å². The average Bonchev–Trinajstić information content (AvgIpc) is 3.73. The third-order valence-corrected chi connectivity index (χ3v) is 12.4. The molecule has 11 heteroatoms. The molecule has 1 aromatic rings. The Morgan fingerprint density at radius 2 is 1.82 bits per heavy atom. The van der Waals surface area contributed by atoms with Crippen LogP contribution in [0, 0.1) is 35.5 Å². The molecule has 2 unspecified atom stereocenters. The molecule has 2 saturated carbocycles. The van der Waals surface area contributed by atoms with Gasteiger partial charge < -0.3 is 24.1 Å². The van der Waals surface area contributed by atoms with E-state index in [4.69, 9.17) is 18.9 Å². The second kappa shape index (κ2) is 14.5. The Morgan fingerprint density at radius 3 is 2.49 bits per heavy atom. The maximum Gasteiger partial charge on any atom is 0.306 e. The van der Waals surface area contributed by atoms with Crippen molar-refractivity contribution in [1.82, 2.24) is 15.0 Å². The number of aliphatic hydroxyl groups excluding tert-OH is 1. The molecule has 0 spiro atoms. The van der Waals surface area contributed by atoms with Crippen LogP contribution in [0.1, 0.15) is 77.7 Å². The van der Waals surface area contributed by atoms with Gasteiger partial charge in [0.25, 0.3) is 0 Å². The van der Waals surface area contributed by atoms with Gasteiger partial charge in [-0.2, -0.15) is 0 Å². The Bertz CT molecular complexity index is 1210. The number of esters is 1. The number of hydrogen-bond donors (Lipinski definition) is 1. The van der Waals surface area contributed by atoms with E-state index in [9.17, 15) is 14.7 Å². The van der Waals surface area contributed by atoms with E-state index < -0.39 is 22.4 Å². The number of fused-ring (bicyclic) bond motifs is 5. The first kappa shape index (κ1) is 34.5. The molecule has 4 aliphatic rings. The summed E-state index contributed by atoms with van der Waals surface area (Å²) in [6.45, 7) is 4.35. The summed E-state index contributed by atoms with van der Waals surface area (Å²) < 4.78 is 25.0. The van der Waals surface area contributed by atoms with Gasteiger partial charge in [0.15, 0.2) is 12.1 Å². The van der Waals surface area contributed by atoms with Crippen LogP contribution < -0.4 is 0 Å². The zero-order valence-electron chi connectivity index (χ0n) is 28.2. The third-order valence-electron chi connectivity index (χ3n) is 10.9. The lowest BCUT2D eigenvalue weighted by molar-refractivity contribution is -0.204. The zero-order valence-corrected chi connectivity index (χ0v) is 29.0. The van der Waals surface area contributed by atoms with Crippen molar-refractivity contribution in [1.29, 1.82) is 0 Å². The van der Waals surface area contributed by atoms with Crippen molar-refractivity contribution in [2.24, 2.45) is 35.5 Å². The Hall–Kier alpha value is -1.79. The molecule has 11 atom stereocenters. The molecule has 3 fully saturated rings. The molecule has 3 aliphatic carbocycles. The number of aromatic nitrogens is 3. The first-order valence-electron chi connectivity index (χ1n) is 16.9. The van der Waals surface area contributed by atoms with E-state index in [1.54, 1.807) is 14.2 Å². The van der Waals surface area contributed by atoms with Crippen LogP contribution in [0.15, 0.2) is 22.9 Å². The summed E-state index contributed by atoms with van der Waals surface area (Å²) in [5.41, 5.74) is 0.824. The maximum absolute atomic E-state index is 14.0. The van der Waals surface area contributed by atoms with Crippen molar-refractivity contribution in [3.63, 3.8) is 0 Å². The smallest absolute Gasteiger partial charge is 0.306 e. The summed E-state index contributed by atoms with van der Waals surface area (Å²) in [7, 11) is 2.05. The van der Waals surface area contributed by atoms with Crippen LogP contribution in [0.25, 0.3) is 0 Å². The van der Waals surface area contributed by atoms with Crippen molar-refractivity contribution in [3.05, 3.63) is 17.8 Å². The standard InChI is InChI=1S/C34H55N3O7S/c1-8-21-12-10-9-11-20(2)33(39)28-15-24-23-13-22(44-34(40)30(42-4)19-41-3)14-27(23)29(16-25(24)26(28)17-32(38)43-21)37-18-31(35-36-37)45(5,6)7/h15,18,20-27,29-30,34,40H,8-14,16-17,19H2,1-7H3/t20-,21+,22+,23+,24?,25-,26+,27-,29-,30+,34?/m1/s1. The number of ether oxygens (including phenoxy) is 4. The van der Waals surface area contributed by atoms with Crippen LogP contribution >= 0.6 is 10.0 Å².